The summed E-state index contributed by atoms with van der Waals surface area (Å²) in [5, 5.41) is 25.0. The Labute approximate surface area is 165 Å². The van der Waals surface area contributed by atoms with Crippen molar-refractivity contribution in [1.82, 2.24) is 15.5 Å². The zero-order valence-electron chi connectivity index (χ0n) is 16.2. The number of hydrogen-bond donors (Lipinski definition) is 3. The highest BCUT2D eigenvalue weighted by atomic mass is 16.3. The van der Waals surface area contributed by atoms with E-state index in [1.807, 2.05) is 49.3 Å². The summed E-state index contributed by atoms with van der Waals surface area (Å²) in [6.45, 7) is 0.940. The van der Waals surface area contributed by atoms with E-state index in [1.54, 1.807) is 6.07 Å². The number of nitrogens with one attached hydrogen (secondary N) is 2. The van der Waals surface area contributed by atoms with Gasteiger partial charge < -0.3 is 20.6 Å². The normalized spacial score (nSPS) is 21.0. The average Bonchev–Trinajstić information content (AvgIpc) is 2.67. The second-order valence-electron chi connectivity index (χ2n) is 7.44. The third-order valence-corrected chi connectivity index (χ3v) is 5.09. The van der Waals surface area contributed by atoms with E-state index in [0.717, 1.165) is 16.7 Å². The van der Waals surface area contributed by atoms with Crippen LogP contribution in [0.5, 0.6) is 0 Å². The first-order valence-corrected chi connectivity index (χ1v) is 9.40. The summed E-state index contributed by atoms with van der Waals surface area (Å²) in [4.78, 5) is 13.7. The van der Waals surface area contributed by atoms with Crippen LogP contribution < -0.4 is 10.6 Å². The lowest BCUT2D eigenvalue weighted by molar-refractivity contribution is -0.122. The number of carbonyl (C=O) groups excluding carboxylic acids is 1. The van der Waals surface area contributed by atoms with Gasteiger partial charge in [0.25, 0.3) is 0 Å². The molecule has 1 aliphatic heterocycles. The van der Waals surface area contributed by atoms with Crippen LogP contribution in [0.3, 0.4) is 0 Å². The molecule has 0 bridgehead atoms. The van der Waals surface area contributed by atoms with Crippen molar-refractivity contribution in [2.75, 3.05) is 33.8 Å². The van der Waals surface area contributed by atoms with Gasteiger partial charge in [0.05, 0.1) is 24.8 Å². The molecule has 0 aromatic heterocycles. The van der Waals surface area contributed by atoms with Crippen molar-refractivity contribution in [3.63, 3.8) is 0 Å². The molecular formula is C22H26N4O2. The first-order chi connectivity index (χ1) is 13.5. The lowest BCUT2D eigenvalue weighted by Crippen LogP contribution is -2.64. The van der Waals surface area contributed by atoms with E-state index in [4.69, 9.17) is 5.26 Å². The molecule has 0 spiro atoms. The monoisotopic (exact) mass is 378 g/mol. The second-order valence-corrected chi connectivity index (χ2v) is 7.44. The van der Waals surface area contributed by atoms with E-state index >= 15 is 0 Å². The molecule has 3 atom stereocenters. The number of benzene rings is 2. The fraction of sp³-hybridized carbons (Fsp3) is 0.364. The Bertz CT molecular complexity index is 858. The number of amides is 1. The molecule has 1 amide bonds. The average molecular weight is 378 g/mol. The van der Waals surface area contributed by atoms with Crippen molar-refractivity contribution in [2.24, 2.45) is 0 Å². The van der Waals surface area contributed by atoms with Gasteiger partial charge in [0, 0.05) is 24.5 Å². The molecule has 2 aromatic carbocycles. The summed E-state index contributed by atoms with van der Waals surface area (Å²) in [7, 11) is 3.72. The first-order valence-electron chi connectivity index (χ1n) is 9.40. The quantitative estimate of drug-likeness (QED) is 0.676. The Kier molecular flexibility index (Phi) is 6.42. The maximum atomic E-state index is 11.9. The minimum Gasteiger partial charge on any atom is -0.395 e. The third-order valence-electron chi connectivity index (χ3n) is 5.09. The number of likely N-dealkylation sites (N-methyl/N-ethyl adjacent to an activating group) is 1. The summed E-state index contributed by atoms with van der Waals surface area (Å²) in [5.74, 6) is 0.134. The van der Waals surface area contributed by atoms with Crippen LogP contribution in [0.4, 0.5) is 0 Å². The Morgan fingerprint density at radius 2 is 1.93 bits per heavy atom. The van der Waals surface area contributed by atoms with E-state index in [9.17, 15) is 9.90 Å². The summed E-state index contributed by atoms with van der Waals surface area (Å²) >= 11 is 0. The number of carbonyl (C=O) groups is 1. The minimum atomic E-state index is -0.0106. The summed E-state index contributed by atoms with van der Waals surface area (Å²) < 4.78 is 0. The van der Waals surface area contributed by atoms with Crippen molar-refractivity contribution in [3.05, 3.63) is 59.7 Å². The lowest BCUT2D eigenvalue weighted by atomic mass is 9.77. The number of rotatable bonds is 7. The predicted octanol–water partition coefficient (Wildman–Crippen LogP) is 1.32. The maximum Gasteiger partial charge on any atom is 0.234 e. The minimum absolute atomic E-state index is 0.00859. The molecule has 2 aromatic rings. The molecule has 1 fully saturated rings. The van der Waals surface area contributed by atoms with Gasteiger partial charge in [-0.05, 0) is 42.9 Å². The van der Waals surface area contributed by atoms with Gasteiger partial charge in [0.2, 0.25) is 5.91 Å². The van der Waals surface area contributed by atoms with Crippen molar-refractivity contribution in [3.8, 4) is 17.2 Å². The van der Waals surface area contributed by atoms with Gasteiger partial charge >= 0.3 is 0 Å². The van der Waals surface area contributed by atoms with Gasteiger partial charge in [-0.1, -0.05) is 36.4 Å². The molecule has 0 saturated carbocycles. The van der Waals surface area contributed by atoms with E-state index in [2.05, 4.69) is 28.8 Å². The van der Waals surface area contributed by atoms with E-state index in [0.29, 0.717) is 18.7 Å². The molecule has 28 heavy (non-hydrogen) atoms. The number of nitriles is 1. The van der Waals surface area contributed by atoms with Crippen LogP contribution in [-0.4, -0.2) is 61.8 Å². The maximum absolute atomic E-state index is 11.9. The van der Waals surface area contributed by atoms with Crippen LogP contribution in [0.25, 0.3) is 11.1 Å². The molecule has 0 aliphatic carbocycles. The van der Waals surface area contributed by atoms with Crippen LogP contribution >= 0.6 is 0 Å². The molecular weight excluding hydrogens is 352 g/mol. The van der Waals surface area contributed by atoms with Crippen molar-refractivity contribution >= 4 is 5.91 Å². The Morgan fingerprint density at radius 3 is 2.57 bits per heavy atom. The van der Waals surface area contributed by atoms with Gasteiger partial charge in [0.15, 0.2) is 0 Å². The van der Waals surface area contributed by atoms with Gasteiger partial charge in [-0.25, -0.2) is 0 Å². The molecule has 3 N–H and O–H groups in total. The highest BCUT2D eigenvalue weighted by Gasteiger charge is 2.40. The van der Waals surface area contributed by atoms with Crippen LogP contribution in [0.2, 0.25) is 0 Å². The van der Waals surface area contributed by atoms with Crippen molar-refractivity contribution in [2.45, 2.75) is 18.0 Å². The number of aliphatic hydroxyl groups excluding tert-OH is 1. The molecule has 1 heterocycles. The zero-order valence-corrected chi connectivity index (χ0v) is 16.2. The first kappa shape index (κ1) is 20.0. The Balaban J connectivity index is 1.69. The van der Waals surface area contributed by atoms with Crippen LogP contribution in [0.15, 0.2) is 48.5 Å². The number of nitrogens with zero attached hydrogens (tertiary/aromatic N) is 2. The topological polar surface area (TPSA) is 88.4 Å². The van der Waals surface area contributed by atoms with Gasteiger partial charge in [-0.2, -0.15) is 5.26 Å². The van der Waals surface area contributed by atoms with Gasteiger partial charge in [-0.15, -0.1) is 0 Å². The fourth-order valence-electron chi connectivity index (χ4n) is 3.69. The molecule has 0 unspecified atom stereocenters. The molecule has 6 nitrogen and oxygen atoms in total. The Morgan fingerprint density at radius 1 is 1.18 bits per heavy atom. The Hall–Kier alpha value is -2.72. The molecule has 3 rings (SSSR count). The summed E-state index contributed by atoms with van der Waals surface area (Å²) in [5.41, 5.74) is 3.82. The predicted molar refractivity (Wildman–Crippen MR) is 109 cm³/mol. The largest absolute Gasteiger partial charge is 0.395 e. The summed E-state index contributed by atoms with van der Waals surface area (Å²) in [6, 6.07) is 18.0. The zero-order chi connectivity index (χ0) is 20.1. The van der Waals surface area contributed by atoms with Crippen LogP contribution in [-0.2, 0) is 4.79 Å². The van der Waals surface area contributed by atoms with Gasteiger partial charge in [-0.3, -0.25) is 4.79 Å². The summed E-state index contributed by atoms with van der Waals surface area (Å²) in [6.07, 6.45) is 0. The molecule has 1 saturated heterocycles. The van der Waals surface area contributed by atoms with E-state index in [-0.39, 0.29) is 30.5 Å². The van der Waals surface area contributed by atoms with Crippen LogP contribution in [0.1, 0.15) is 17.0 Å². The number of hydrogen-bond acceptors (Lipinski definition) is 5. The number of aliphatic hydroxyl groups is 1. The molecule has 6 heteroatoms. The van der Waals surface area contributed by atoms with E-state index in [1.165, 1.54) is 0 Å². The van der Waals surface area contributed by atoms with Gasteiger partial charge in [0.1, 0.15) is 0 Å². The second kappa shape index (κ2) is 8.98. The lowest BCUT2D eigenvalue weighted by Gasteiger charge is -2.46. The third kappa shape index (κ3) is 4.57. The SMILES string of the molecule is CN(C)CC(=O)NC[C@H]1N[C@@H](CO)[C@H]1c1ccc(-c2cccc(C#N)c2)cc1. The highest BCUT2D eigenvalue weighted by molar-refractivity contribution is 5.78. The van der Waals surface area contributed by atoms with E-state index < -0.39 is 0 Å². The highest BCUT2D eigenvalue weighted by Crippen LogP contribution is 2.33. The fourth-order valence-corrected chi connectivity index (χ4v) is 3.69. The smallest absolute Gasteiger partial charge is 0.234 e. The van der Waals surface area contributed by atoms with Crippen molar-refractivity contribution in [1.29, 1.82) is 5.26 Å². The molecule has 146 valence electrons. The molecule has 1 aliphatic rings. The molecule has 0 radical (unpaired) electrons. The standard InChI is InChI=1S/C22H26N4O2/c1-26(2)13-21(28)24-12-19-22(20(14-27)25-19)17-8-6-16(7-9-17)18-5-3-4-15(10-18)11-23/h3-10,19-20,22,25,27H,12-14H2,1-2H3,(H,24,28)/t19-,20+,22+/m1/s1. The van der Waals surface area contributed by atoms with Crippen molar-refractivity contribution < 1.29 is 9.90 Å². The van der Waals surface area contributed by atoms with Crippen LogP contribution in [0, 0.1) is 11.3 Å².